The lowest BCUT2D eigenvalue weighted by Crippen LogP contribution is -2.05. The van der Waals surface area contributed by atoms with Crippen LogP contribution in [-0.4, -0.2) is 15.4 Å². The maximum Gasteiger partial charge on any atom is 0.358 e. The number of pyridine rings is 1. The Kier molecular flexibility index (Phi) is 3.75. The van der Waals surface area contributed by atoms with Crippen molar-refractivity contribution in [2.75, 3.05) is 0 Å². The van der Waals surface area contributed by atoms with E-state index in [-0.39, 0.29) is 6.61 Å². The van der Waals surface area contributed by atoms with Crippen molar-refractivity contribution in [3.05, 3.63) is 70.1 Å². The molecule has 0 spiro atoms. The topological polar surface area (TPSA) is 43.6 Å². The van der Waals surface area contributed by atoms with Crippen LogP contribution in [0.5, 0.6) is 0 Å². The highest BCUT2D eigenvalue weighted by Gasteiger charge is 2.13. The third-order valence-corrected chi connectivity index (χ3v) is 3.72. The Hall–Kier alpha value is -2.14. The number of fused-ring (bicyclic) bond motifs is 1. The first kappa shape index (κ1) is 13.8. The standard InChI is InChI=1S/C16H13BrN2O2/c1-11-3-2-4-15-18-14(9-19(11)15)16(20)21-10-12-5-7-13(17)8-6-12/h2-9H,10H2,1H3. The van der Waals surface area contributed by atoms with Crippen LogP contribution < -0.4 is 0 Å². The van der Waals surface area contributed by atoms with E-state index in [1.54, 1.807) is 6.20 Å². The first-order valence-corrected chi connectivity index (χ1v) is 7.29. The molecule has 0 aliphatic heterocycles. The molecule has 0 N–H and O–H groups in total. The number of aromatic nitrogens is 2. The number of nitrogens with zero attached hydrogens (tertiary/aromatic N) is 2. The SMILES string of the molecule is Cc1cccc2nc(C(=O)OCc3ccc(Br)cc3)cn12. The summed E-state index contributed by atoms with van der Waals surface area (Å²) in [5.74, 6) is -0.416. The van der Waals surface area contributed by atoms with Crippen LogP contribution in [-0.2, 0) is 11.3 Å². The van der Waals surface area contributed by atoms with Crippen molar-refractivity contribution in [3.63, 3.8) is 0 Å². The van der Waals surface area contributed by atoms with Gasteiger partial charge in [0.05, 0.1) is 0 Å². The fourth-order valence-electron chi connectivity index (χ4n) is 2.05. The van der Waals surface area contributed by atoms with Gasteiger partial charge in [0.1, 0.15) is 12.3 Å². The van der Waals surface area contributed by atoms with Crippen LogP contribution in [0.4, 0.5) is 0 Å². The number of carbonyl (C=O) groups excluding carboxylic acids is 1. The van der Waals surface area contributed by atoms with Crippen molar-refractivity contribution in [1.82, 2.24) is 9.38 Å². The third-order valence-electron chi connectivity index (χ3n) is 3.19. The Morgan fingerprint density at radius 3 is 2.71 bits per heavy atom. The van der Waals surface area contributed by atoms with Gasteiger partial charge in [-0.1, -0.05) is 34.1 Å². The number of aryl methyl sites for hydroxylation is 1. The van der Waals surface area contributed by atoms with Crippen LogP contribution >= 0.6 is 15.9 Å². The van der Waals surface area contributed by atoms with E-state index in [1.165, 1.54) is 0 Å². The van der Waals surface area contributed by atoms with Crippen molar-refractivity contribution in [2.24, 2.45) is 0 Å². The highest BCUT2D eigenvalue weighted by atomic mass is 79.9. The van der Waals surface area contributed by atoms with Crippen molar-refractivity contribution in [3.8, 4) is 0 Å². The molecule has 0 aliphatic rings. The van der Waals surface area contributed by atoms with E-state index in [1.807, 2.05) is 53.8 Å². The Morgan fingerprint density at radius 1 is 1.24 bits per heavy atom. The van der Waals surface area contributed by atoms with Crippen LogP contribution in [0.15, 0.2) is 53.1 Å². The summed E-state index contributed by atoms with van der Waals surface area (Å²) in [4.78, 5) is 16.3. The molecule has 3 rings (SSSR count). The van der Waals surface area contributed by atoms with Crippen LogP contribution in [0.2, 0.25) is 0 Å². The van der Waals surface area contributed by atoms with Crippen LogP contribution in [0.3, 0.4) is 0 Å². The summed E-state index contributed by atoms with van der Waals surface area (Å²) in [5.41, 5.74) is 3.02. The highest BCUT2D eigenvalue weighted by Crippen LogP contribution is 2.13. The van der Waals surface area contributed by atoms with Gasteiger partial charge in [-0.2, -0.15) is 0 Å². The Labute approximate surface area is 130 Å². The van der Waals surface area contributed by atoms with E-state index >= 15 is 0 Å². The largest absolute Gasteiger partial charge is 0.456 e. The second kappa shape index (κ2) is 5.69. The highest BCUT2D eigenvalue weighted by molar-refractivity contribution is 9.10. The van der Waals surface area contributed by atoms with Gasteiger partial charge in [-0.25, -0.2) is 9.78 Å². The summed E-state index contributed by atoms with van der Waals surface area (Å²) < 4.78 is 8.16. The lowest BCUT2D eigenvalue weighted by Gasteiger charge is -2.03. The average Bonchev–Trinajstić information content (AvgIpc) is 2.92. The van der Waals surface area contributed by atoms with Gasteiger partial charge < -0.3 is 9.14 Å². The summed E-state index contributed by atoms with van der Waals surface area (Å²) in [6.07, 6.45) is 1.70. The van der Waals surface area contributed by atoms with E-state index in [0.29, 0.717) is 5.69 Å². The number of rotatable bonds is 3. The Morgan fingerprint density at radius 2 is 2.00 bits per heavy atom. The number of esters is 1. The molecule has 0 saturated carbocycles. The molecule has 5 heteroatoms. The number of carbonyl (C=O) groups is 1. The molecule has 0 fully saturated rings. The van der Waals surface area contributed by atoms with E-state index < -0.39 is 5.97 Å². The van der Waals surface area contributed by atoms with Gasteiger partial charge in [-0.3, -0.25) is 0 Å². The number of halogens is 1. The minimum atomic E-state index is -0.416. The molecule has 0 radical (unpaired) electrons. The summed E-state index contributed by atoms with van der Waals surface area (Å²) in [6, 6.07) is 13.4. The predicted molar refractivity (Wildman–Crippen MR) is 83.2 cm³/mol. The molecule has 0 saturated heterocycles. The summed E-state index contributed by atoms with van der Waals surface area (Å²) in [6.45, 7) is 2.20. The quantitative estimate of drug-likeness (QED) is 0.679. The van der Waals surface area contributed by atoms with Crippen LogP contribution in [0.25, 0.3) is 5.65 Å². The zero-order chi connectivity index (χ0) is 14.8. The van der Waals surface area contributed by atoms with E-state index in [0.717, 1.165) is 21.4 Å². The number of hydrogen-bond acceptors (Lipinski definition) is 3. The first-order chi connectivity index (χ1) is 10.1. The second-order valence-electron chi connectivity index (χ2n) is 4.72. The lowest BCUT2D eigenvalue weighted by molar-refractivity contribution is 0.0466. The summed E-state index contributed by atoms with van der Waals surface area (Å²) in [5, 5.41) is 0. The molecular formula is C16H13BrN2O2. The van der Waals surface area contributed by atoms with Gasteiger partial charge in [-0.05, 0) is 36.8 Å². The monoisotopic (exact) mass is 344 g/mol. The fraction of sp³-hybridized carbons (Fsp3) is 0.125. The molecule has 2 heterocycles. The molecule has 3 aromatic rings. The number of hydrogen-bond donors (Lipinski definition) is 0. The molecule has 0 bridgehead atoms. The number of ether oxygens (including phenoxy) is 1. The minimum Gasteiger partial charge on any atom is -0.456 e. The van der Waals surface area contributed by atoms with Crippen LogP contribution in [0, 0.1) is 6.92 Å². The van der Waals surface area contributed by atoms with Gasteiger partial charge in [0, 0.05) is 16.4 Å². The molecule has 0 aliphatic carbocycles. The minimum absolute atomic E-state index is 0.235. The Bertz CT molecular complexity index is 794. The molecule has 2 aromatic heterocycles. The van der Waals surface area contributed by atoms with Crippen molar-refractivity contribution >= 4 is 27.5 Å². The van der Waals surface area contributed by atoms with E-state index in [4.69, 9.17) is 4.74 Å². The van der Waals surface area contributed by atoms with Crippen LogP contribution in [0.1, 0.15) is 21.7 Å². The van der Waals surface area contributed by atoms with Gasteiger partial charge in [0.2, 0.25) is 0 Å². The molecular weight excluding hydrogens is 332 g/mol. The third kappa shape index (κ3) is 2.97. The normalized spacial score (nSPS) is 10.8. The summed E-state index contributed by atoms with van der Waals surface area (Å²) >= 11 is 3.37. The second-order valence-corrected chi connectivity index (χ2v) is 5.64. The first-order valence-electron chi connectivity index (χ1n) is 6.50. The molecule has 21 heavy (non-hydrogen) atoms. The zero-order valence-corrected chi connectivity index (χ0v) is 13.0. The molecule has 0 atom stereocenters. The Balaban J connectivity index is 1.75. The van der Waals surface area contributed by atoms with E-state index in [2.05, 4.69) is 20.9 Å². The molecule has 0 unspecified atom stereocenters. The maximum atomic E-state index is 12.1. The van der Waals surface area contributed by atoms with Gasteiger partial charge in [-0.15, -0.1) is 0 Å². The fourth-order valence-corrected chi connectivity index (χ4v) is 2.31. The zero-order valence-electron chi connectivity index (χ0n) is 11.4. The molecule has 0 amide bonds. The van der Waals surface area contributed by atoms with E-state index in [9.17, 15) is 4.79 Å². The van der Waals surface area contributed by atoms with Crippen molar-refractivity contribution in [2.45, 2.75) is 13.5 Å². The molecule has 106 valence electrons. The number of benzene rings is 1. The van der Waals surface area contributed by atoms with Gasteiger partial charge in [0.25, 0.3) is 0 Å². The van der Waals surface area contributed by atoms with Crippen molar-refractivity contribution in [1.29, 1.82) is 0 Å². The van der Waals surface area contributed by atoms with Gasteiger partial charge >= 0.3 is 5.97 Å². The number of imidazole rings is 1. The van der Waals surface area contributed by atoms with Gasteiger partial charge in [0.15, 0.2) is 5.69 Å². The predicted octanol–water partition coefficient (Wildman–Crippen LogP) is 3.76. The maximum absolute atomic E-state index is 12.1. The molecule has 1 aromatic carbocycles. The molecule has 4 nitrogen and oxygen atoms in total. The smallest absolute Gasteiger partial charge is 0.358 e. The summed E-state index contributed by atoms with van der Waals surface area (Å²) in [7, 11) is 0. The van der Waals surface area contributed by atoms with Crippen molar-refractivity contribution < 1.29 is 9.53 Å². The average molecular weight is 345 g/mol. The lowest BCUT2D eigenvalue weighted by atomic mass is 10.2.